The average Bonchev–Trinajstić information content (AvgIpc) is 3.16. The maximum absolute atomic E-state index is 14.3. The number of benzene rings is 2. The van der Waals surface area contributed by atoms with Crippen molar-refractivity contribution in [2.75, 3.05) is 18.5 Å². The molecule has 1 heterocycles. The number of carbonyl (C=O) groups is 1. The molecule has 1 saturated heterocycles. The van der Waals surface area contributed by atoms with E-state index in [1.807, 2.05) is 0 Å². The van der Waals surface area contributed by atoms with Crippen LogP contribution in [0.1, 0.15) is 23.2 Å². The van der Waals surface area contributed by atoms with E-state index in [1.165, 1.54) is 24.3 Å². The van der Waals surface area contributed by atoms with Gasteiger partial charge in [0.15, 0.2) is 0 Å². The van der Waals surface area contributed by atoms with Gasteiger partial charge in [0.25, 0.3) is 5.91 Å². The van der Waals surface area contributed by atoms with E-state index >= 15 is 0 Å². The Balaban J connectivity index is 1.69. The van der Waals surface area contributed by atoms with E-state index in [0.717, 1.165) is 18.9 Å². The molecule has 0 aliphatic carbocycles. The number of anilines is 1. The van der Waals surface area contributed by atoms with E-state index in [2.05, 4.69) is 10.0 Å². The van der Waals surface area contributed by atoms with Gasteiger partial charge < -0.3 is 10.1 Å². The van der Waals surface area contributed by atoms with Crippen LogP contribution in [-0.2, 0) is 14.8 Å². The number of amides is 1. The summed E-state index contributed by atoms with van der Waals surface area (Å²) in [6, 6.07) is 9.41. The lowest BCUT2D eigenvalue weighted by atomic mass is 10.2. The number of sulfonamides is 1. The van der Waals surface area contributed by atoms with Gasteiger partial charge in [-0.2, -0.15) is 0 Å². The van der Waals surface area contributed by atoms with Crippen molar-refractivity contribution >= 4 is 33.2 Å². The van der Waals surface area contributed by atoms with Crippen molar-refractivity contribution in [3.8, 4) is 0 Å². The van der Waals surface area contributed by atoms with Gasteiger partial charge in [-0.15, -0.1) is 0 Å². The van der Waals surface area contributed by atoms with Gasteiger partial charge in [-0.3, -0.25) is 4.79 Å². The fraction of sp³-hybridized carbons (Fsp3) is 0.278. The first kappa shape index (κ1) is 19.8. The third-order valence-electron chi connectivity index (χ3n) is 4.13. The van der Waals surface area contributed by atoms with Gasteiger partial charge >= 0.3 is 0 Å². The summed E-state index contributed by atoms with van der Waals surface area (Å²) >= 11 is 5.77. The molecular formula is C18H18ClFN2O4S. The number of hydrogen-bond donors (Lipinski definition) is 2. The molecule has 2 aromatic carbocycles. The van der Waals surface area contributed by atoms with E-state index in [0.29, 0.717) is 17.2 Å². The average molecular weight is 413 g/mol. The second kappa shape index (κ2) is 8.35. The summed E-state index contributed by atoms with van der Waals surface area (Å²) in [6.45, 7) is 0.752. The smallest absolute Gasteiger partial charge is 0.255 e. The Kier molecular flexibility index (Phi) is 6.11. The van der Waals surface area contributed by atoms with Crippen LogP contribution in [-0.4, -0.2) is 33.6 Å². The van der Waals surface area contributed by atoms with Crippen LogP contribution in [0.3, 0.4) is 0 Å². The zero-order valence-corrected chi connectivity index (χ0v) is 15.8. The Morgan fingerprint density at radius 1 is 1.22 bits per heavy atom. The first-order valence-corrected chi connectivity index (χ1v) is 10.2. The highest BCUT2D eigenvalue weighted by Crippen LogP contribution is 2.21. The monoisotopic (exact) mass is 412 g/mol. The van der Waals surface area contributed by atoms with Gasteiger partial charge in [0.1, 0.15) is 5.82 Å². The van der Waals surface area contributed by atoms with E-state index < -0.39 is 21.7 Å². The van der Waals surface area contributed by atoms with Crippen LogP contribution in [0.5, 0.6) is 0 Å². The van der Waals surface area contributed by atoms with Crippen molar-refractivity contribution in [2.24, 2.45) is 0 Å². The molecule has 2 N–H and O–H groups in total. The van der Waals surface area contributed by atoms with Gasteiger partial charge in [-0.25, -0.2) is 17.5 Å². The Bertz CT molecular complexity index is 929. The van der Waals surface area contributed by atoms with Crippen LogP contribution in [0.2, 0.25) is 5.02 Å². The fourth-order valence-corrected chi connectivity index (χ4v) is 3.86. The molecule has 1 aliphatic rings. The maximum atomic E-state index is 14.3. The SMILES string of the molecule is O=C(Nc1ccc(S(=O)(=O)NCC2CCCO2)cc1F)c1ccc(Cl)cc1. The molecule has 1 unspecified atom stereocenters. The Hall–Kier alpha value is -2.00. The molecule has 6 nitrogen and oxygen atoms in total. The molecule has 1 amide bonds. The molecule has 1 atom stereocenters. The lowest BCUT2D eigenvalue weighted by Crippen LogP contribution is -2.31. The van der Waals surface area contributed by atoms with Gasteiger partial charge in [0, 0.05) is 23.7 Å². The standard InChI is InChI=1S/C18H18ClFN2O4S/c19-13-5-3-12(4-6-13)18(23)22-17-8-7-15(10-16(17)20)27(24,25)21-11-14-2-1-9-26-14/h3-8,10,14,21H,1-2,9,11H2,(H,22,23). The van der Waals surface area contributed by atoms with E-state index in [9.17, 15) is 17.6 Å². The van der Waals surface area contributed by atoms with Crippen LogP contribution in [0.4, 0.5) is 10.1 Å². The summed E-state index contributed by atoms with van der Waals surface area (Å²) in [5.41, 5.74) is 0.182. The first-order valence-electron chi connectivity index (χ1n) is 8.33. The molecule has 0 saturated carbocycles. The molecule has 0 radical (unpaired) electrons. The highest BCUT2D eigenvalue weighted by molar-refractivity contribution is 7.89. The van der Waals surface area contributed by atoms with Crippen LogP contribution < -0.4 is 10.0 Å². The number of halogens is 2. The van der Waals surface area contributed by atoms with Crippen molar-refractivity contribution in [3.05, 3.63) is 58.9 Å². The summed E-state index contributed by atoms with van der Waals surface area (Å²) < 4.78 is 46.7. The minimum Gasteiger partial charge on any atom is -0.377 e. The highest BCUT2D eigenvalue weighted by Gasteiger charge is 2.21. The van der Waals surface area contributed by atoms with Gasteiger partial charge in [0.05, 0.1) is 16.7 Å². The summed E-state index contributed by atoms with van der Waals surface area (Å²) in [6.07, 6.45) is 1.51. The molecule has 144 valence electrons. The third kappa shape index (κ3) is 5.04. The predicted molar refractivity (Wildman–Crippen MR) is 100.0 cm³/mol. The second-order valence-corrected chi connectivity index (χ2v) is 8.29. The number of carbonyl (C=O) groups excluding carboxylic acids is 1. The Labute approximate surface area is 161 Å². The molecule has 2 aromatic rings. The number of hydrogen-bond acceptors (Lipinski definition) is 4. The minimum absolute atomic E-state index is 0.118. The third-order valence-corrected chi connectivity index (χ3v) is 5.80. The molecule has 27 heavy (non-hydrogen) atoms. The molecule has 0 spiro atoms. The molecule has 9 heteroatoms. The molecule has 0 aromatic heterocycles. The summed E-state index contributed by atoms with van der Waals surface area (Å²) in [4.78, 5) is 11.9. The lowest BCUT2D eigenvalue weighted by molar-refractivity contribution is 0.102. The van der Waals surface area contributed by atoms with Crippen molar-refractivity contribution in [2.45, 2.75) is 23.8 Å². The van der Waals surface area contributed by atoms with E-state index in [-0.39, 0.29) is 23.2 Å². The zero-order chi connectivity index (χ0) is 19.4. The number of nitrogens with one attached hydrogen (secondary N) is 2. The summed E-state index contributed by atoms with van der Waals surface area (Å²) in [5, 5.41) is 2.88. The molecule has 1 aliphatic heterocycles. The topological polar surface area (TPSA) is 84.5 Å². The van der Waals surface area contributed by atoms with Crippen LogP contribution in [0.15, 0.2) is 47.4 Å². The summed E-state index contributed by atoms with van der Waals surface area (Å²) in [7, 11) is -3.87. The molecular weight excluding hydrogens is 395 g/mol. The first-order chi connectivity index (χ1) is 12.8. The Morgan fingerprint density at radius 3 is 2.59 bits per heavy atom. The predicted octanol–water partition coefficient (Wildman–Crippen LogP) is 3.19. The molecule has 0 bridgehead atoms. The van der Waals surface area contributed by atoms with E-state index in [4.69, 9.17) is 16.3 Å². The van der Waals surface area contributed by atoms with Gasteiger partial charge in [-0.1, -0.05) is 11.6 Å². The van der Waals surface area contributed by atoms with Crippen LogP contribution in [0, 0.1) is 5.82 Å². The minimum atomic E-state index is -3.87. The Morgan fingerprint density at radius 2 is 1.96 bits per heavy atom. The fourth-order valence-electron chi connectivity index (χ4n) is 2.65. The lowest BCUT2D eigenvalue weighted by Gasteiger charge is -2.12. The quantitative estimate of drug-likeness (QED) is 0.763. The number of ether oxygens (including phenoxy) is 1. The van der Waals surface area contributed by atoms with Crippen LogP contribution in [0.25, 0.3) is 0 Å². The van der Waals surface area contributed by atoms with Crippen molar-refractivity contribution in [1.29, 1.82) is 0 Å². The second-order valence-electron chi connectivity index (χ2n) is 6.09. The summed E-state index contributed by atoms with van der Waals surface area (Å²) in [5.74, 6) is -1.38. The maximum Gasteiger partial charge on any atom is 0.255 e. The van der Waals surface area contributed by atoms with Gasteiger partial charge in [-0.05, 0) is 55.3 Å². The van der Waals surface area contributed by atoms with Crippen molar-refractivity contribution in [3.63, 3.8) is 0 Å². The molecule has 1 fully saturated rings. The van der Waals surface area contributed by atoms with E-state index in [1.54, 1.807) is 12.1 Å². The number of rotatable bonds is 6. The normalized spacial score (nSPS) is 17.0. The largest absolute Gasteiger partial charge is 0.377 e. The zero-order valence-electron chi connectivity index (χ0n) is 14.2. The van der Waals surface area contributed by atoms with Crippen LogP contribution >= 0.6 is 11.6 Å². The van der Waals surface area contributed by atoms with Crippen molar-refractivity contribution < 1.29 is 22.3 Å². The van der Waals surface area contributed by atoms with Gasteiger partial charge in [0.2, 0.25) is 10.0 Å². The molecule has 3 rings (SSSR count). The van der Waals surface area contributed by atoms with Crippen molar-refractivity contribution in [1.82, 2.24) is 4.72 Å². The highest BCUT2D eigenvalue weighted by atomic mass is 35.5.